The molecule has 0 aliphatic heterocycles. The number of pyridine rings is 1. The van der Waals surface area contributed by atoms with Gasteiger partial charge in [0.2, 0.25) is 0 Å². The van der Waals surface area contributed by atoms with Gasteiger partial charge in [0, 0.05) is 31.9 Å². The molecule has 2 aromatic rings. The number of nitrogens with zero attached hydrogens (tertiary/aromatic N) is 5. The van der Waals surface area contributed by atoms with Crippen LogP contribution >= 0.6 is 0 Å². The summed E-state index contributed by atoms with van der Waals surface area (Å²) in [5.74, 6) is 0.801. The maximum absolute atomic E-state index is 8.71. The molecule has 17 heavy (non-hydrogen) atoms. The van der Waals surface area contributed by atoms with Crippen LogP contribution in [0.15, 0.2) is 24.7 Å². The van der Waals surface area contributed by atoms with Gasteiger partial charge in [0.1, 0.15) is 18.1 Å². The number of aromatic nitrogens is 4. The van der Waals surface area contributed by atoms with Crippen LogP contribution in [0.3, 0.4) is 0 Å². The lowest BCUT2D eigenvalue weighted by Gasteiger charge is -2.04. The Labute approximate surface area is 98.9 Å². The molecule has 0 aliphatic carbocycles. The van der Waals surface area contributed by atoms with Crippen molar-refractivity contribution in [1.29, 1.82) is 5.26 Å². The van der Waals surface area contributed by atoms with E-state index >= 15 is 0 Å². The molecule has 1 N–H and O–H groups in total. The van der Waals surface area contributed by atoms with E-state index in [9.17, 15) is 0 Å². The van der Waals surface area contributed by atoms with Gasteiger partial charge < -0.3 is 5.32 Å². The highest BCUT2D eigenvalue weighted by Crippen LogP contribution is 2.06. The Morgan fingerprint density at radius 2 is 2.35 bits per heavy atom. The molecule has 86 valence electrons. The van der Waals surface area contributed by atoms with Crippen LogP contribution in [-0.4, -0.2) is 26.3 Å². The van der Waals surface area contributed by atoms with Gasteiger partial charge in [-0.1, -0.05) is 0 Å². The van der Waals surface area contributed by atoms with E-state index in [1.54, 1.807) is 23.3 Å². The molecule has 0 fully saturated rings. The molecule has 0 saturated carbocycles. The van der Waals surface area contributed by atoms with Crippen LogP contribution in [0.4, 0.5) is 5.69 Å². The quantitative estimate of drug-likeness (QED) is 0.834. The third kappa shape index (κ3) is 3.01. The van der Waals surface area contributed by atoms with E-state index in [1.165, 1.54) is 0 Å². The monoisotopic (exact) mass is 228 g/mol. The van der Waals surface area contributed by atoms with E-state index in [0.717, 1.165) is 24.5 Å². The molecule has 0 atom stereocenters. The average molecular weight is 228 g/mol. The lowest BCUT2D eigenvalue weighted by Crippen LogP contribution is -2.06. The molecule has 2 aromatic heterocycles. The largest absolute Gasteiger partial charge is 0.384 e. The number of hydrogen-bond acceptors (Lipinski definition) is 5. The maximum atomic E-state index is 8.71. The Balaban J connectivity index is 1.88. The van der Waals surface area contributed by atoms with Gasteiger partial charge >= 0.3 is 0 Å². The number of nitriles is 1. The molecule has 0 aliphatic rings. The van der Waals surface area contributed by atoms with Crippen LogP contribution in [0.25, 0.3) is 0 Å². The maximum Gasteiger partial charge on any atom is 0.152 e. The third-order valence-electron chi connectivity index (χ3n) is 2.20. The van der Waals surface area contributed by atoms with Gasteiger partial charge in [0.15, 0.2) is 5.82 Å². The Morgan fingerprint density at radius 1 is 1.47 bits per heavy atom. The molecule has 6 heteroatoms. The van der Waals surface area contributed by atoms with Crippen LogP contribution in [0, 0.1) is 11.3 Å². The summed E-state index contributed by atoms with van der Waals surface area (Å²) in [6.45, 7) is 0.721. The predicted molar refractivity (Wildman–Crippen MR) is 62.1 cm³/mol. The first-order valence-corrected chi connectivity index (χ1v) is 5.22. The Bertz CT molecular complexity index is 539. The second-order valence-corrected chi connectivity index (χ2v) is 3.55. The normalized spacial score (nSPS) is 9.88. The molecule has 0 aromatic carbocycles. The SMILES string of the molecule is Cn1cnc(CCNc2ccnc(C#N)c2)n1. The highest BCUT2D eigenvalue weighted by Gasteiger charge is 1.99. The zero-order valence-electron chi connectivity index (χ0n) is 9.46. The summed E-state index contributed by atoms with van der Waals surface area (Å²) in [6, 6.07) is 5.54. The zero-order chi connectivity index (χ0) is 12.1. The lowest BCUT2D eigenvalue weighted by molar-refractivity contribution is 0.742. The van der Waals surface area contributed by atoms with E-state index < -0.39 is 0 Å². The van der Waals surface area contributed by atoms with Crippen molar-refractivity contribution in [3.63, 3.8) is 0 Å². The summed E-state index contributed by atoms with van der Waals surface area (Å²) < 4.78 is 1.68. The smallest absolute Gasteiger partial charge is 0.152 e. The van der Waals surface area contributed by atoms with Gasteiger partial charge in [-0.15, -0.1) is 0 Å². The first kappa shape index (κ1) is 11.1. The van der Waals surface area contributed by atoms with Gasteiger partial charge in [-0.05, 0) is 12.1 Å². The van der Waals surface area contributed by atoms with Crippen molar-refractivity contribution >= 4 is 5.69 Å². The standard InChI is InChI=1S/C11H12N6/c1-17-8-15-11(16-17)3-5-13-9-2-4-14-10(6-9)7-12/h2,4,6,8H,3,5H2,1H3,(H,13,14). The minimum atomic E-state index is 0.408. The molecule has 2 rings (SSSR count). The van der Waals surface area contributed by atoms with Crippen LogP contribution in [0.1, 0.15) is 11.5 Å². The van der Waals surface area contributed by atoms with Gasteiger partial charge in [-0.2, -0.15) is 10.4 Å². The van der Waals surface area contributed by atoms with Crippen molar-refractivity contribution in [2.75, 3.05) is 11.9 Å². The molecule has 0 spiro atoms. The second-order valence-electron chi connectivity index (χ2n) is 3.55. The van der Waals surface area contributed by atoms with Gasteiger partial charge in [0.05, 0.1) is 0 Å². The summed E-state index contributed by atoms with van der Waals surface area (Å²) in [4.78, 5) is 8.03. The molecule has 0 amide bonds. The highest BCUT2D eigenvalue weighted by atomic mass is 15.3. The van der Waals surface area contributed by atoms with E-state index in [2.05, 4.69) is 20.4 Å². The number of aryl methyl sites for hydroxylation is 1. The van der Waals surface area contributed by atoms with Crippen LogP contribution in [0.5, 0.6) is 0 Å². The van der Waals surface area contributed by atoms with E-state index in [1.807, 2.05) is 19.2 Å². The van der Waals surface area contributed by atoms with Crippen LogP contribution in [0.2, 0.25) is 0 Å². The van der Waals surface area contributed by atoms with Gasteiger partial charge in [-0.3, -0.25) is 4.68 Å². The topological polar surface area (TPSA) is 79.4 Å². The number of hydrogen-bond donors (Lipinski definition) is 1. The first-order valence-electron chi connectivity index (χ1n) is 5.22. The Hall–Kier alpha value is -2.42. The minimum Gasteiger partial charge on any atom is -0.384 e. The molecular formula is C11H12N6. The molecule has 0 unspecified atom stereocenters. The van der Waals surface area contributed by atoms with Crippen molar-refractivity contribution in [2.24, 2.45) is 7.05 Å². The summed E-state index contributed by atoms with van der Waals surface area (Å²) in [5, 5.41) is 16.1. The van der Waals surface area contributed by atoms with Crippen molar-refractivity contribution in [3.05, 3.63) is 36.2 Å². The predicted octanol–water partition coefficient (Wildman–Crippen LogP) is 0.736. The minimum absolute atomic E-state index is 0.408. The fraction of sp³-hybridized carbons (Fsp3) is 0.273. The van der Waals surface area contributed by atoms with Gasteiger partial charge in [0.25, 0.3) is 0 Å². The average Bonchev–Trinajstić information content (AvgIpc) is 2.75. The van der Waals surface area contributed by atoms with Crippen LogP contribution < -0.4 is 5.32 Å². The summed E-state index contributed by atoms with van der Waals surface area (Å²) in [7, 11) is 1.84. The van der Waals surface area contributed by atoms with Gasteiger partial charge in [-0.25, -0.2) is 9.97 Å². The second kappa shape index (κ2) is 5.07. The van der Waals surface area contributed by atoms with Crippen molar-refractivity contribution in [2.45, 2.75) is 6.42 Å². The van der Waals surface area contributed by atoms with Crippen molar-refractivity contribution in [3.8, 4) is 6.07 Å². The molecule has 0 saturated heterocycles. The molecule has 0 bridgehead atoms. The molecule has 6 nitrogen and oxygen atoms in total. The lowest BCUT2D eigenvalue weighted by atomic mass is 10.3. The fourth-order valence-electron chi connectivity index (χ4n) is 1.42. The molecular weight excluding hydrogens is 216 g/mol. The van der Waals surface area contributed by atoms with Crippen LogP contribution in [-0.2, 0) is 13.5 Å². The Kier molecular flexibility index (Phi) is 3.31. The fourth-order valence-corrected chi connectivity index (χ4v) is 1.42. The first-order chi connectivity index (χ1) is 8.28. The zero-order valence-corrected chi connectivity index (χ0v) is 9.46. The number of anilines is 1. The van der Waals surface area contributed by atoms with Crippen molar-refractivity contribution < 1.29 is 0 Å². The summed E-state index contributed by atoms with van der Waals surface area (Å²) >= 11 is 0. The summed E-state index contributed by atoms with van der Waals surface area (Å²) in [6.07, 6.45) is 4.03. The molecule has 0 radical (unpaired) electrons. The Morgan fingerprint density at radius 3 is 3.06 bits per heavy atom. The van der Waals surface area contributed by atoms with Crippen molar-refractivity contribution in [1.82, 2.24) is 19.7 Å². The van der Waals surface area contributed by atoms with E-state index in [0.29, 0.717) is 5.69 Å². The van der Waals surface area contributed by atoms with E-state index in [4.69, 9.17) is 5.26 Å². The molecule has 2 heterocycles. The number of rotatable bonds is 4. The number of nitrogens with one attached hydrogen (secondary N) is 1. The van der Waals surface area contributed by atoms with E-state index in [-0.39, 0.29) is 0 Å². The highest BCUT2D eigenvalue weighted by molar-refractivity contribution is 5.45. The third-order valence-corrected chi connectivity index (χ3v) is 2.20. The summed E-state index contributed by atoms with van der Waals surface area (Å²) in [5.41, 5.74) is 1.29.